The molecule has 0 heterocycles. The molecule has 0 fully saturated rings. The van der Waals surface area contributed by atoms with Gasteiger partial charge in [-0.2, -0.15) is 0 Å². The van der Waals surface area contributed by atoms with Crippen molar-refractivity contribution >= 4 is 0 Å². The molecule has 66 valence electrons. The summed E-state index contributed by atoms with van der Waals surface area (Å²) in [7, 11) is 0. The van der Waals surface area contributed by atoms with Crippen LogP contribution in [0.2, 0.25) is 0 Å². The van der Waals surface area contributed by atoms with E-state index in [9.17, 15) is 0 Å². The van der Waals surface area contributed by atoms with Gasteiger partial charge in [-0.3, -0.25) is 0 Å². The zero-order chi connectivity index (χ0) is 9.40. The molecule has 0 saturated heterocycles. The van der Waals surface area contributed by atoms with Crippen molar-refractivity contribution in [1.29, 1.82) is 0 Å². The average Bonchev–Trinajstić information content (AvgIpc) is 1.98. The van der Waals surface area contributed by atoms with E-state index in [-0.39, 0.29) is 6.61 Å². The predicted octanol–water partition coefficient (Wildman–Crippen LogP) is 2.59. The molecule has 1 heteroatoms. The van der Waals surface area contributed by atoms with Crippen LogP contribution < -0.4 is 0 Å². The van der Waals surface area contributed by atoms with Crippen LogP contribution in [-0.2, 0) is 0 Å². The first-order valence-electron chi connectivity index (χ1n) is 4.08. The minimum atomic E-state index is 0.193. The largest absolute Gasteiger partial charge is 0.396 e. The van der Waals surface area contributed by atoms with Crippen LogP contribution in [0.5, 0.6) is 0 Å². The molecule has 0 aliphatic carbocycles. The lowest BCUT2D eigenvalue weighted by atomic mass is 10.2. The molecule has 1 N–H and O–H groups in total. The highest BCUT2D eigenvalue weighted by Gasteiger charge is 1.81. The first-order valence-corrected chi connectivity index (χ1v) is 4.08. The van der Waals surface area contributed by atoms with E-state index in [1.165, 1.54) is 0 Å². The minimum absolute atomic E-state index is 0.193. The Labute approximate surface area is 74.4 Å². The Kier molecular flexibility index (Phi) is 6.14. The zero-order valence-corrected chi connectivity index (χ0v) is 8.02. The third kappa shape index (κ3) is 7.11. The molecule has 0 aromatic rings. The third-order valence-electron chi connectivity index (χ3n) is 1.27. The van der Waals surface area contributed by atoms with Gasteiger partial charge in [-0.1, -0.05) is 0 Å². The van der Waals surface area contributed by atoms with Gasteiger partial charge < -0.3 is 5.11 Å². The fraction of sp³-hybridized carbons (Fsp3) is 0.455. The van der Waals surface area contributed by atoms with Crippen LogP contribution in [0.25, 0.3) is 0 Å². The molecule has 0 atom stereocenters. The molecule has 1 nitrogen and oxygen atoms in total. The molecular weight excluding hydrogens is 148 g/mol. The standard InChI is InChI=1S/C11H16O/c1-10(2)6-4-5-7-11(3)8-9-12/h4-5,12H,8-9H2,1-3H3. The molecule has 0 saturated carbocycles. The van der Waals surface area contributed by atoms with Gasteiger partial charge in [-0.15, -0.1) is 11.5 Å². The van der Waals surface area contributed by atoms with Gasteiger partial charge >= 0.3 is 0 Å². The molecule has 0 unspecified atom stereocenters. The van der Waals surface area contributed by atoms with Gasteiger partial charge in [0.15, 0.2) is 0 Å². The van der Waals surface area contributed by atoms with E-state index >= 15 is 0 Å². The molecule has 0 spiro atoms. The van der Waals surface area contributed by atoms with E-state index in [4.69, 9.17) is 5.11 Å². The maximum atomic E-state index is 8.58. The smallest absolute Gasteiger partial charge is 0.0474 e. The van der Waals surface area contributed by atoms with E-state index in [0.29, 0.717) is 6.42 Å². The summed E-state index contributed by atoms with van der Waals surface area (Å²) in [4.78, 5) is 0. The van der Waals surface area contributed by atoms with Crippen LogP contribution >= 0.6 is 0 Å². The van der Waals surface area contributed by atoms with Crippen molar-refractivity contribution in [2.24, 2.45) is 0 Å². The second kappa shape index (κ2) is 6.69. The normalized spacial score (nSPS) is 8.00. The van der Waals surface area contributed by atoms with Gasteiger partial charge in [-0.25, -0.2) is 0 Å². The summed E-state index contributed by atoms with van der Waals surface area (Å²) in [6.45, 7) is 6.13. The van der Waals surface area contributed by atoms with Crippen molar-refractivity contribution in [1.82, 2.24) is 0 Å². The Morgan fingerprint density at radius 3 is 2.25 bits per heavy atom. The maximum Gasteiger partial charge on any atom is 0.0474 e. The molecule has 0 aliphatic heterocycles. The van der Waals surface area contributed by atoms with Crippen molar-refractivity contribution in [3.63, 3.8) is 0 Å². The van der Waals surface area contributed by atoms with Crippen LogP contribution in [0.15, 0.2) is 34.8 Å². The first kappa shape index (κ1) is 11.0. The van der Waals surface area contributed by atoms with E-state index in [0.717, 1.165) is 11.1 Å². The molecule has 0 radical (unpaired) electrons. The summed E-state index contributed by atoms with van der Waals surface area (Å²) in [5.74, 6) is 0. The van der Waals surface area contributed by atoms with Gasteiger partial charge in [0, 0.05) is 6.61 Å². The molecule has 0 amide bonds. The van der Waals surface area contributed by atoms with E-state index in [1.54, 1.807) is 0 Å². The van der Waals surface area contributed by atoms with E-state index < -0.39 is 0 Å². The molecule has 0 bridgehead atoms. The molecule has 12 heavy (non-hydrogen) atoms. The SMILES string of the molecule is CC(C)=C=CC=C=C(C)CCO. The summed E-state index contributed by atoms with van der Waals surface area (Å²) in [6, 6.07) is 0. The topological polar surface area (TPSA) is 20.2 Å². The second-order valence-corrected chi connectivity index (χ2v) is 2.88. The number of rotatable bonds is 3. The predicted molar refractivity (Wildman–Crippen MR) is 51.9 cm³/mol. The third-order valence-corrected chi connectivity index (χ3v) is 1.27. The zero-order valence-electron chi connectivity index (χ0n) is 8.02. The molecule has 0 aromatic heterocycles. The Morgan fingerprint density at radius 1 is 1.17 bits per heavy atom. The maximum absolute atomic E-state index is 8.58. The first-order chi connectivity index (χ1) is 5.66. The van der Waals surface area contributed by atoms with Crippen LogP contribution in [0.1, 0.15) is 27.2 Å². The van der Waals surface area contributed by atoms with E-state index in [2.05, 4.69) is 11.5 Å². The van der Waals surface area contributed by atoms with Gasteiger partial charge in [0.05, 0.1) is 0 Å². The lowest BCUT2D eigenvalue weighted by Gasteiger charge is -1.88. The van der Waals surface area contributed by atoms with Crippen LogP contribution in [0, 0.1) is 0 Å². The molecule has 0 aliphatic rings. The van der Waals surface area contributed by atoms with Gasteiger partial charge in [-0.05, 0) is 50.5 Å². The summed E-state index contributed by atoms with van der Waals surface area (Å²) < 4.78 is 0. The lowest BCUT2D eigenvalue weighted by Crippen LogP contribution is -1.80. The number of allylic oxidation sites excluding steroid dienone is 1. The summed E-state index contributed by atoms with van der Waals surface area (Å²) in [5, 5.41) is 8.58. The molecular formula is C11H16O. The Bertz CT molecular complexity index is 242. The fourth-order valence-corrected chi connectivity index (χ4v) is 0.632. The highest BCUT2D eigenvalue weighted by Crippen LogP contribution is 1.94. The van der Waals surface area contributed by atoms with Crippen molar-refractivity contribution in [2.75, 3.05) is 6.61 Å². The monoisotopic (exact) mass is 164 g/mol. The average molecular weight is 164 g/mol. The van der Waals surface area contributed by atoms with Crippen molar-refractivity contribution in [2.45, 2.75) is 27.2 Å². The van der Waals surface area contributed by atoms with Crippen molar-refractivity contribution < 1.29 is 5.11 Å². The number of aliphatic hydroxyl groups is 1. The van der Waals surface area contributed by atoms with Crippen LogP contribution in [0.3, 0.4) is 0 Å². The van der Waals surface area contributed by atoms with Gasteiger partial charge in [0.1, 0.15) is 0 Å². The number of hydrogen-bond acceptors (Lipinski definition) is 1. The van der Waals surface area contributed by atoms with E-state index in [1.807, 2.05) is 32.9 Å². The van der Waals surface area contributed by atoms with Crippen molar-refractivity contribution in [3.05, 3.63) is 34.8 Å². The Balaban J connectivity index is 4.23. The number of hydrogen-bond donors (Lipinski definition) is 1. The van der Waals surface area contributed by atoms with Crippen LogP contribution in [-0.4, -0.2) is 11.7 Å². The quantitative estimate of drug-likeness (QED) is 0.502. The Morgan fingerprint density at radius 2 is 1.75 bits per heavy atom. The van der Waals surface area contributed by atoms with Gasteiger partial charge in [0.2, 0.25) is 0 Å². The summed E-state index contributed by atoms with van der Waals surface area (Å²) in [6.07, 6.45) is 4.34. The summed E-state index contributed by atoms with van der Waals surface area (Å²) in [5.41, 5.74) is 8.29. The van der Waals surface area contributed by atoms with Gasteiger partial charge in [0.25, 0.3) is 0 Å². The summed E-state index contributed by atoms with van der Waals surface area (Å²) >= 11 is 0. The Hall–Kier alpha value is -1.00. The molecule has 0 aromatic carbocycles. The highest BCUT2D eigenvalue weighted by molar-refractivity contribution is 5.08. The highest BCUT2D eigenvalue weighted by atomic mass is 16.2. The lowest BCUT2D eigenvalue weighted by molar-refractivity contribution is 0.299. The number of aliphatic hydroxyl groups excluding tert-OH is 1. The minimum Gasteiger partial charge on any atom is -0.396 e. The second-order valence-electron chi connectivity index (χ2n) is 2.88. The van der Waals surface area contributed by atoms with Crippen LogP contribution in [0.4, 0.5) is 0 Å². The molecule has 0 rings (SSSR count). The van der Waals surface area contributed by atoms with Crippen molar-refractivity contribution in [3.8, 4) is 0 Å². The fourth-order valence-electron chi connectivity index (χ4n) is 0.632.